The number of hydrogen-bond acceptors (Lipinski definition) is 4. The standard InChI is InChI=1S/C62H40N2O3/c1-36-37(2)60(39-17-7-4-8-18-39)63-62-59(46-30-27-42(35-56(46)67-62)38-15-5-3-6-16-38)57(36)47-22-14-26-55-58(47)49-34-41(29-32-54(49)65-55)40-28-31-51-48(33-40)43-19-9-11-23-50(43)64(51)52-24-13-21-45-44-20-10-12-25-53(44)66-61(45)52/h3-35,37H,1-2H3. The number of furan rings is 3. The Labute approximate surface area is 385 Å². The van der Waals surface area contributed by atoms with Crippen LogP contribution in [0.4, 0.5) is 5.88 Å². The molecule has 0 radical (unpaired) electrons. The monoisotopic (exact) mass is 860 g/mol. The Morgan fingerprint density at radius 1 is 0.433 bits per heavy atom. The fourth-order valence-electron chi connectivity index (χ4n) is 10.8. The number of aliphatic imine (C=N–C) groups is 1. The summed E-state index contributed by atoms with van der Waals surface area (Å²) in [6, 6.07) is 70.8. The molecule has 5 heterocycles. The van der Waals surface area contributed by atoms with Crippen molar-refractivity contribution in [2.45, 2.75) is 13.8 Å². The lowest BCUT2D eigenvalue weighted by Gasteiger charge is -2.18. The average molecular weight is 861 g/mol. The van der Waals surface area contributed by atoms with Crippen molar-refractivity contribution >= 4 is 93.8 Å². The fraction of sp³-hybridized carbons (Fsp3) is 0.0484. The van der Waals surface area contributed by atoms with Gasteiger partial charge >= 0.3 is 0 Å². The van der Waals surface area contributed by atoms with Crippen LogP contribution in [0.25, 0.3) is 110 Å². The molecule has 5 heteroatoms. The molecule has 0 spiro atoms. The topological polar surface area (TPSA) is 56.7 Å². The molecule has 0 bridgehead atoms. The maximum absolute atomic E-state index is 6.87. The van der Waals surface area contributed by atoms with E-state index in [1.54, 1.807) is 0 Å². The molecular weight excluding hydrogens is 821 g/mol. The highest BCUT2D eigenvalue weighted by Crippen LogP contribution is 2.49. The molecule has 1 aliphatic heterocycles. The van der Waals surface area contributed by atoms with Crippen LogP contribution in [0.2, 0.25) is 0 Å². The van der Waals surface area contributed by atoms with Gasteiger partial charge in [-0.2, -0.15) is 0 Å². The molecule has 1 aliphatic rings. The molecule has 0 saturated heterocycles. The molecular formula is C62H40N2O3. The SMILES string of the molecule is CC1=C(c2cccc3oc4ccc(-c5ccc6c(c5)c5ccccc5n6-c5cccc6c5oc5ccccc56)cc4c23)c2c(oc3cc(-c4ccccc4)ccc23)N=C(c2ccccc2)C1C. The highest BCUT2D eigenvalue weighted by Gasteiger charge is 2.31. The third kappa shape index (κ3) is 5.64. The second-order valence-electron chi connectivity index (χ2n) is 17.8. The Bertz CT molecular complexity index is 4230. The van der Waals surface area contributed by atoms with Crippen LogP contribution in [0, 0.1) is 5.92 Å². The normalized spacial score (nSPS) is 14.3. The first-order valence-corrected chi connectivity index (χ1v) is 22.9. The minimum absolute atomic E-state index is 0.00434. The van der Waals surface area contributed by atoms with Gasteiger partial charge in [-0.3, -0.25) is 0 Å². The van der Waals surface area contributed by atoms with E-state index < -0.39 is 0 Å². The largest absolute Gasteiger partial charge is 0.456 e. The van der Waals surface area contributed by atoms with Crippen LogP contribution in [-0.2, 0) is 0 Å². The molecule has 316 valence electrons. The summed E-state index contributed by atoms with van der Waals surface area (Å²) in [7, 11) is 0. The molecule has 1 atom stereocenters. The molecule has 0 saturated carbocycles. The van der Waals surface area contributed by atoms with Crippen molar-refractivity contribution in [2.24, 2.45) is 10.9 Å². The van der Waals surface area contributed by atoms with Gasteiger partial charge in [0.1, 0.15) is 22.3 Å². The molecule has 0 N–H and O–H groups in total. The van der Waals surface area contributed by atoms with E-state index in [-0.39, 0.29) is 5.92 Å². The Hall–Kier alpha value is -8.67. The molecule has 14 rings (SSSR count). The van der Waals surface area contributed by atoms with Crippen LogP contribution in [0.1, 0.15) is 30.5 Å². The van der Waals surface area contributed by atoms with Gasteiger partial charge in [-0.15, -0.1) is 0 Å². The van der Waals surface area contributed by atoms with E-state index in [2.05, 4.69) is 200 Å². The van der Waals surface area contributed by atoms with Crippen LogP contribution >= 0.6 is 0 Å². The second-order valence-corrected chi connectivity index (χ2v) is 17.8. The first kappa shape index (κ1) is 37.7. The maximum atomic E-state index is 6.87. The molecule has 4 aromatic heterocycles. The Kier molecular flexibility index (Phi) is 8.11. The molecule has 5 nitrogen and oxygen atoms in total. The van der Waals surface area contributed by atoms with Crippen LogP contribution in [-0.4, -0.2) is 10.3 Å². The van der Waals surface area contributed by atoms with E-state index in [0.29, 0.717) is 5.88 Å². The lowest BCUT2D eigenvalue weighted by Crippen LogP contribution is -2.14. The van der Waals surface area contributed by atoms with E-state index >= 15 is 0 Å². The number of para-hydroxylation sites is 3. The van der Waals surface area contributed by atoms with Crippen LogP contribution in [0.15, 0.2) is 224 Å². The van der Waals surface area contributed by atoms with Gasteiger partial charge in [-0.1, -0.05) is 152 Å². The summed E-state index contributed by atoms with van der Waals surface area (Å²) in [5, 5.41) is 7.75. The van der Waals surface area contributed by atoms with E-state index in [4.69, 9.17) is 18.2 Å². The fourth-order valence-corrected chi connectivity index (χ4v) is 10.8. The van der Waals surface area contributed by atoms with Gasteiger partial charge in [-0.25, -0.2) is 4.99 Å². The Balaban J connectivity index is 0.959. The molecule has 9 aromatic carbocycles. The lowest BCUT2D eigenvalue weighted by molar-refractivity contribution is 0.624. The van der Waals surface area contributed by atoms with Crippen molar-refractivity contribution in [1.82, 2.24) is 4.57 Å². The highest BCUT2D eigenvalue weighted by molar-refractivity contribution is 6.18. The van der Waals surface area contributed by atoms with Gasteiger partial charge in [0.2, 0.25) is 5.88 Å². The van der Waals surface area contributed by atoms with Crippen molar-refractivity contribution in [1.29, 1.82) is 0 Å². The van der Waals surface area contributed by atoms with Crippen molar-refractivity contribution in [3.05, 3.63) is 222 Å². The van der Waals surface area contributed by atoms with Gasteiger partial charge in [0.05, 0.1) is 28.0 Å². The molecule has 0 amide bonds. The van der Waals surface area contributed by atoms with E-state index in [9.17, 15) is 0 Å². The zero-order valence-electron chi connectivity index (χ0n) is 36.7. The number of hydrogen-bond donors (Lipinski definition) is 0. The molecule has 0 aliphatic carbocycles. The second kappa shape index (κ2) is 14.4. The molecule has 1 unspecified atom stereocenters. The summed E-state index contributed by atoms with van der Waals surface area (Å²) in [5.74, 6) is 0.614. The summed E-state index contributed by atoms with van der Waals surface area (Å²) in [4.78, 5) is 5.41. The van der Waals surface area contributed by atoms with E-state index in [0.717, 1.165) is 122 Å². The Morgan fingerprint density at radius 3 is 1.93 bits per heavy atom. The third-order valence-corrected chi connectivity index (χ3v) is 14.2. The smallest absolute Gasteiger partial charge is 0.228 e. The van der Waals surface area contributed by atoms with E-state index in [1.165, 1.54) is 16.3 Å². The van der Waals surface area contributed by atoms with Gasteiger partial charge < -0.3 is 17.8 Å². The zero-order chi connectivity index (χ0) is 44.3. The number of aromatic nitrogens is 1. The molecule has 0 fully saturated rings. The number of fused-ring (bicyclic) bond motifs is 12. The predicted molar refractivity (Wildman–Crippen MR) is 276 cm³/mol. The lowest BCUT2D eigenvalue weighted by atomic mass is 9.83. The summed E-state index contributed by atoms with van der Waals surface area (Å²) >= 11 is 0. The zero-order valence-corrected chi connectivity index (χ0v) is 36.7. The average Bonchev–Trinajstić information content (AvgIpc) is 4.13. The Morgan fingerprint density at radius 2 is 1.07 bits per heavy atom. The maximum Gasteiger partial charge on any atom is 0.228 e. The third-order valence-electron chi connectivity index (χ3n) is 14.2. The first-order valence-electron chi connectivity index (χ1n) is 22.9. The minimum Gasteiger partial charge on any atom is -0.456 e. The van der Waals surface area contributed by atoms with Gasteiger partial charge in [0.15, 0.2) is 5.58 Å². The van der Waals surface area contributed by atoms with Crippen LogP contribution in [0.5, 0.6) is 0 Å². The van der Waals surface area contributed by atoms with Crippen LogP contribution < -0.4 is 0 Å². The summed E-state index contributed by atoms with van der Waals surface area (Å²) in [6.07, 6.45) is 0. The van der Waals surface area contributed by atoms with Crippen molar-refractivity contribution < 1.29 is 13.3 Å². The number of rotatable bonds is 5. The predicted octanol–water partition coefficient (Wildman–Crippen LogP) is 17.3. The van der Waals surface area contributed by atoms with E-state index in [1.807, 2.05) is 18.2 Å². The number of benzene rings is 9. The van der Waals surface area contributed by atoms with Crippen LogP contribution in [0.3, 0.4) is 0 Å². The molecule has 13 aromatic rings. The van der Waals surface area contributed by atoms with Crippen molar-refractivity contribution in [3.8, 4) is 27.9 Å². The van der Waals surface area contributed by atoms with Crippen molar-refractivity contribution in [2.75, 3.05) is 0 Å². The highest BCUT2D eigenvalue weighted by atomic mass is 16.4. The van der Waals surface area contributed by atoms with Gasteiger partial charge in [0, 0.05) is 43.6 Å². The van der Waals surface area contributed by atoms with Crippen molar-refractivity contribution in [3.63, 3.8) is 0 Å². The molecule has 67 heavy (non-hydrogen) atoms. The summed E-state index contributed by atoms with van der Waals surface area (Å²) < 4.78 is 22.5. The van der Waals surface area contributed by atoms with Gasteiger partial charge in [-0.05, 0) is 107 Å². The first-order chi connectivity index (χ1) is 33.1. The van der Waals surface area contributed by atoms with Gasteiger partial charge in [0.25, 0.3) is 0 Å². The minimum atomic E-state index is -0.00434. The number of allylic oxidation sites excluding steroid dienone is 1. The summed E-state index contributed by atoms with van der Waals surface area (Å²) in [6.45, 7) is 4.52. The number of nitrogens with zero attached hydrogens (tertiary/aromatic N) is 2. The summed E-state index contributed by atoms with van der Waals surface area (Å²) in [5.41, 5.74) is 18.5. The quantitative estimate of drug-likeness (QED) is 0.173.